The van der Waals surface area contributed by atoms with E-state index in [1.54, 1.807) is 30.3 Å². The predicted molar refractivity (Wildman–Crippen MR) is 88.5 cm³/mol. The van der Waals surface area contributed by atoms with Gasteiger partial charge in [0.15, 0.2) is 0 Å². The molecule has 110 valence electrons. The van der Waals surface area contributed by atoms with Crippen molar-refractivity contribution in [2.75, 3.05) is 19.4 Å². The Morgan fingerprint density at radius 2 is 2.14 bits per heavy atom. The number of hydrogen-bond acceptors (Lipinski definition) is 3. The Balaban J connectivity index is 1.88. The van der Waals surface area contributed by atoms with Gasteiger partial charge >= 0.3 is 0 Å². The zero-order valence-corrected chi connectivity index (χ0v) is 13.6. The standard InChI is InChI=1S/C16H17ClN2OS/c1-19(2)16(20)10-5-3-4-6-12(10)18-13-7-8-14-11(13)9-15(17)21-14/h3-6,9,13,18H,7-8H2,1-2H3. The first-order valence-electron chi connectivity index (χ1n) is 6.91. The molecule has 3 nitrogen and oxygen atoms in total. The molecule has 0 spiro atoms. The fraction of sp³-hybridized carbons (Fsp3) is 0.312. The lowest BCUT2D eigenvalue weighted by Gasteiger charge is -2.19. The average Bonchev–Trinajstić information content (AvgIpc) is 2.99. The number of amides is 1. The van der Waals surface area contributed by atoms with Gasteiger partial charge in [0.05, 0.1) is 15.9 Å². The molecule has 0 aliphatic heterocycles. The fourth-order valence-electron chi connectivity index (χ4n) is 2.70. The maximum Gasteiger partial charge on any atom is 0.255 e. The highest BCUT2D eigenvalue weighted by Gasteiger charge is 2.26. The van der Waals surface area contributed by atoms with Crippen molar-refractivity contribution in [2.24, 2.45) is 0 Å². The van der Waals surface area contributed by atoms with Crippen LogP contribution in [0.25, 0.3) is 0 Å². The van der Waals surface area contributed by atoms with Gasteiger partial charge in [0.2, 0.25) is 0 Å². The summed E-state index contributed by atoms with van der Waals surface area (Å²) >= 11 is 7.76. The van der Waals surface area contributed by atoms with Crippen molar-refractivity contribution in [1.82, 2.24) is 4.90 Å². The monoisotopic (exact) mass is 320 g/mol. The van der Waals surface area contributed by atoms with Crippen LogP contribution in [0.2, 0.25) is 4.34 Å². The quantitative estimate of drug-likeness (QED) is 0.919. The van der Waals surface area contributed by atoms with E-state index in [0.717, 1.165) is 22.9 Å². The summed E-state index contributed by atoms with van der Waals surface area (Å²) in [7, 11) is 3.54. The van der Waals surface area contributed by atoms with Crippen LogP contribution in [0.1, 0.15) is 33.3 Å². The Kier molecular flexibility index (Phi) is 3.91. The summed E-state index contributed by atoms with van der Waals surface area (Å²) in [6, 6.07) is 9.95. The minimum Gasteiger partial charge on any atom is -0.378 e. The highest BCUT2D eigenvalue weighted by Crippen LogP contribution is 2.41. The molecule has 21 heavy (non-hydrogen) atoms. The SMILES string of the molecule is CN(C)C(=O)c1ccccc1NC1CCc2sc(Cl)cc21. The number of nitrogens with one attached hydrogen (secondary N) is 1. The topological polar surface area (TPSA) is 32.3 Å². The van der Waals surface area contributed by atoms with Crippen molar-refractivity contribution < 1.29 is 4.79 Å². The number of carbonyl (C=O) groups is 1. The Morgan fingerprint density at radius 3 is 2.90 bits per heavy atom. The summed E-state index contributed by atoms with van der Waals surface area (Å²) in [4.78, 5) is 15.2. The lowest BCUT2D eigenvalue weighted by molar-refractivity contribution is 0.0828. The number of hydrogen-bond donors (Lipinski definition) is 1. The average molecular weight is 321 g/mol. The normalized spacial score (nSPS) is 16.6. The number of halogens is 1. The van der Waals surface area contributed by atoms with Crippen LogP contribution in [-0.4, -0.2) is 24.9 Å². The molecular weight excluding hydrogens is 304 g/mol. The Labute approximate surface area is 133 Å². The van der Waals surface area contributed by atoms with Gasteiger partial charge in [0.1, 0.15) is 0 Å². The summed E-state index contributed by atoms with van der Waals surface area (Å²) in [6.07, 6.45) is 2.09. The second-order valence-corrected chi connectivity index (χ2v) is 7.18. The molecule has 1 aromatic heterocycles. The van der Waals surface area contributed by atoms with E-state index in [2.05, 4.69) is 5.32 Å². The number of aryl methyl sites for hydroxylation is 1. The lowest BCUT2D eigenvalue weighted by atomic mass is 10.1. The third-order valence-electron chi connectivity index (χ3n) is 3.74. The van der Waals surface area contributed by atoms with E-state index in [9.17, 15) is 4.79 Å². The van der Waals surface area contributed by atoms with Crippen molar-refractivity contribution in [3.63, 3.8) is 0 Å². The van der Waals surface area contributed by atoms with Gasteiger partial charge < -0.3 is 10.2 Å². The molecule has 3 rings (SSSR count). The zero-order chi connectivity index (χ0) is 15.0. The molecule has 0 saturated carbocycles. The van der Waals surface area contributed by atoms with Crippen molar-refractivity contribution in [2.45, 2.75) is 18.9 Å². The van der Waals surface area contributed by atoms with Crippen molar-refractivity contribution in [3.8, 4) is 0 Å². The van der Waals surface area contributed by atoms with E-state index in [1.807, 2.05) is 30.3 Å². The van der Waals surface area contributed by atoms with Crippen LogP contribution in [0.15, 0.2) is 30.3 Å². The number of fused-ring (bicyclic) bond motifs is 1. The number of nitrogens with zero attached hydrogens (tertiary/aromatic N) is 1. The summed E-state index contributed by atoms with van der Waals surface area (Å²) in [6.45, 7) is 0. The molecule has 1 unspecified atom stereocenters. The molecule has 1 heterocycles. The second-order valence-electron chi connectivity index (χ2n) is 5.41. The van der Waals surface area contributed by atoms with E-state index in [-0.39, 0.29) is 11.9 Å². The molecule has 1 aliphatic carbocycles. The van der Waals surface area contributed by atoms with Crippen LogP contribution in [0.4, 0.5) is 5.69 Å². The number of carbonyl (C=O) groups excluding carboxylic acids is 1. The molecule has 2 aromatic rings. The molecule has 5 heteroatoms. The summed E-state index contributed by atoms with van der Waals surface area (Å²) in [5, 5.41) is 3.52. The molecule has 1 aliphatic rings. The van der Waals surface area contributed by atoms with Crippen LogP contribution in [0.3, 0.4) is 0 Å². The van der Waals surface area contributed by atoms with Gasteiger partial charge in [-0.15, -0.1) is 11.3 Å². The zero-order valence-electron chi connectivity index (χ0n) is 12.0. The lowest BCUT2D eigenvalue weighted by Crippen LogP contribution is -2.23. The molecule has 0 saturated heterocycles. The van der Waals surface area contributed by atoms with E-state index < -0.39 is 0 Å². The Morgan fingerprint density at radius 1 is 1.38 bits per heavy atom. The fourth-order valence-corrected chi connectivity index (χ4v) is 4.06. The third kappa shape index (κ3) is 2.78. The van der Waals surface area contributed by atoms with Crippen molar-refractivity contribution >= 4 is 34.5 Å². The summed E-state index contributed by atoms with van der Waals surface area (Å²) < 4.78 is 0.837. The van der Waals surface area contributed by atoms with Gasteiger partial charge in [0, 0.05) is 24.7 Å². The van der Waals surface area contributed by atoms with E-state index in [0.29, 0.717) is 5.56 Å². The number of thiophene rings is 1. The highest BCUT2D eigenvalue weighted by atomic mass is 35.5. The molecule has 1 amide bonds. The molecule has 0 radical (unpaired) electrons. The maximum absolute atomic E-state index is 12.3. The molecule has 0 bridgehead atoms. The summed E-state index contributed by atoms with van der Waals surface area (Å²) in [5.74, 6) is 0.0136. The second kappa shape index (κ2) is 5.70. The van der Waals surface area contributed by atoms with Gasteiger partial charge in [0.25, 0.3) is 5.91 Å². The van der Waals surface area contributed by atoms with Crippen molar-refractivity contribution in [3.05, 3.63) is 50.7 Å². The van der Waals surface area contributed by atoms with Crippen LogP contribution in [-0.2, 0) is 6.42 Å². The molecule has 1 N–H and O–H groups in total. The number of para-hydroxylation sites is 1. The third-order valence-corrected chi connectivity index (χ3v) is 5.08. The number of rotatable bonds is 3. The smallest absolute Gasteiger partial charge is 0.255 e. The largest absolute Gasteiger partial charge is 0.378 e. The van der Waals surface area contributed by atoms with E-state index in [4.69, 9.17) is 11.6 Å². The minimum atomic E-state index is 0.0136. The first kappa shape index (κ1) is 14.4. The number of anilines is 1. The van der Waals surface area contributed by atoms with Crippen LogP contribution in [0, 0.1) is 0 Å². The molecular formula is C16H17ClN2OS. The van der Waals surface area contributed by atoms with E-state index in [1.165, 1.54) is 10.4 Å². The number of benzene rings is 1. The van der Waals surface area contributed by atoms with Crippen LogP contribution in [0.5, 0.6) is 0 Å². The summed E-state index contributed by atoms with van der Waals surface area (Å²) in [5.41, 5.74) is 2.87. The van der Waals surface area contributed by atoms with E-state index >= 15 is 0 Å². The van der Waals surface area contributed by atoms with Crippen LogP contribution < -0.4 is 5.32 Å². The minimum absolute atomic E-state index is 0.0136. The van der Waals surface area contributed by atoms with Gasteiger partial charge in [-0.1, -0.05) is 23.7 Å². The van der Waals surface area contributed by atoms with Crippen molar-refractivity contribution in [1.29, 1.82) is 0 Å². The highest BCUT2D eigenvalue weighted by molar-refractivity contribution is 7.16. The van der Waals surface area contributed by atoms with Gasteiger partial charge in [-0.2, -0.15) is 0 Å². The molecule has 1 atom stereocenters. The van der Waals surface area contributed by atoms with Gasteiger partial charge in [-0.05, 0) is 36.6 Å². The Bertz CT molecular complexity index is 681. The van der Waals surface area contributed by atoms with Gasteiger partial charge in [-0.25, -0.2) is 0 Å². The first-order valence-corrected chi connectivity index (χ1v) is 8.11. The molecule has 0 fully saturated rings. The predicted octanol–water partition coefficient (Wildman–Crippen LogP) is 4.20. The molecule has 1 aromatic carbocycles. The van der Waals surface area contributed by atoms with Gasteiger partial charge in [-0.3, -0.25) is 4.79 Å². The van der Waals surface area contributed by atoms with Crippen LogP contribution >= 0.6 is 22.9 Å². The maximum atomic E-state index is 12.3. The first-order chi connectivity index (χ1) is 10.1. The Hall–Kier alpha value is -1.52.